The van der Waals surface area contributed by atoms with E-state index in [1.54, 1.807) is 0 Å². The van der Waals surface area contributed by atoms with Crippen molar-refractivity contribution in [2.75, 3.05) is 31.7 Å². The van der Waals surface area contributed by atoms with Crippen molar-refractivity contribution >= 4 is 20.5 Å². The molecule has 0 aromatic heterocycles. The van der Waals surface area contributed by atoms with Crippen LogP contribution in [0.25, 0.3) is 0 Å². The van der Waals surface area contributed by atoms with E-state index in [1.807, 2.05) is 51.1 Å². The van der Waals surface area contributed by atoms with E-state index < -0.39 is 8.80 Å². The molecule has 0 saturated carbocycles. The van der Waals surface area contributed by atoms with Gasteiger partial charge in [-0.05, 0) is 39.3 Å². The van der Waals surface area contributed by atoms with Gasteiger partial charge in [-0.15, -0.1) is 0 Å². The number of benzene rings is 1. The molecule has 6 nitrogen and oxygen atoms in total. The molecule has 1 aromatic carbocycles. The first-order valence-corrected chi connectivity index (χ1v) is 10.1. The van der Waals surface area contributed by atoms with Gasteiger partial charge in [0.1, 0.15) is 0 Å². The van der Waals surface area contributed by atoms with E-state index in [9.17, 15) is 4.79 Å². The molecule has 1 aromatic rings. The van der Waals surface area contributed by atoms with Gasteiger partial charge in [-0.1, -0.05) is 18.2 Å². The lowest BCUT2D eigenvalue weighted by Gasteiger charge is -2.28. The van der Waals surface area contributed by atoms with Gasteiger partial charge in [-0.25, -0.2) is 4.79 Å². The van der Waals surface area contributed by atoms with Crippen molar-refractivity contribution in [2.24, 2.45) is 0 Å². The highest BCUT2D eigenvalue weighted by Gasteiger charge is 2.39. The van der Waals surface area contributed by atoms with Crippen molar-refractivity contribution in [3.63, 3.8) is 0 Å². The molecule has 130 valence electrons. The molecule has 0 aliphatic carbocycles. The van der Waals surface area contributed by atoms with Gasteiger partial charge in [-0.3, -0.25) is 0 Å². The van der Waals surface area contributed by atoms with E-state index in [-0.39, 0.29) is 6.03 Å². The summed E-state index contributed by atoms with van der Waals surface area (Å²) < 4.78 is 17.3. The van der Waals surface area contributed by atoms with Crippen LogP contribution in [0.3, 0.4) is 0 Å². The van der Waals surface area contributed by atoms with Gasteiger partial charge in [0.2, 0.25) is 0 Å². The maximum atomic E-state index is 11.8. The van der Waals surface area contributed by atoms with Gasteiger partial charge in [0.15, 0.2) is 0 Å². The lowest BCUT2D eigenvalue weighted by Crippen LogP contribution is -2.46. The minimum absolute atomic E-state index is 0.215. The van der Waals surface area contributed by atoms with Crippen LogP contribution in [0.15, 0.2) is 30.3 Å². The molecule has 0 saturated heterocycles. The Hall–Kier alpha value is -1.41. The maximum Gasteiger partial charge on any atom is 0.500 e. The fraction of sp³-hybridized carbons (Fsp3) is 0.562. The zero-order valence-electron chi connectivity index (χ0n) is 14.3. The number of anilines is 1. The van der Waals surface area contributed by atoms with Crippen LogP contribution >= 0.6 is 0 Å². The number of urea groups is 1. The zero-order valence-corrected chi connectivity index (χ0v) is 15.3. The Morgan fingerprint density at radius 3 is 2.09 bits per heavy atom. The molecule has 0 heterocycles. The highest BCUT2D eigenvalue weighted by molar-refractivity contribution is 6.60. The van der Waals surface area contributed by atoms with Crippen molar-refractivity contribution in [1.29, 1.82) is 0 Å². The van der Waals surface area contributed by atoms with Crippen molar-refractivity contribution in [2.45, 2.75) is 33.2 Å². The van der Waals surface area contributed by atoms with Crippen molar-refractivity contribution in [1.82, 2.24) is 5.32 Å². The van der Waals surface area contributed by atoms with E-state index in [2.05, 4.69) is 10.6 Å². The standard InChI is InChI=1S/C16H28N2O4Si/c1-4-20-23(21-5-2,22-6-3)14-10-13-17-16(19)18-15-11-8-7-9-12-15/h7-9,11-12H,4-6,10,13-14H2,1-3H3,(H2,17,18,19). The summed E-state index contributed by atoms with van der Waals surface area (Å²) in [5, 5.41) is 5.62. The molecule has 0 spiro atoms. The van der Waals surface area contributed by atoms with Gasteiger partial charge in [-0.2, -0.15) is 0 Å². The first-order valence-electron chi connectivity index (χ1n) is 8.17. The third-order valence-electron chi connectivity index (χ3n) is 3.07. The second kappa shape index (κ2) is 11.2. The lowest BCUT2D eigenvalue weighted by atomic mass is 10.3. The molecule has 23 heavy (non-hydrogen) atoms. The van der Waals surface area contributed by atoms with Crippen LogP contribution in [0.5, 0.6) is 0 Å². The van der Waals surface area contributed by atoms with E-state index in [0.717, 1.165) is 12.1 Å². The summed E-state index contributed by atoms with van der Waals surface area (Å²) in [6.07, 6.45) is 0.744. The molecule has 0 bridgehead atoms. The Balaban J connectivity index is 2.36. The van der Waals surface area contributed by atoms with E-state index in [0.29, 0.717) is 32.4 Å². The molecule has 7 heteroatoms. The Labute approximate surface area is 139 Å². The summed E-state index contributed by atoms with van der Waals surface area (Å²) in [4.78, 5) is 11.8. The first-order chi connectivity index (χ1) is 11.2. The average molecular weight is 340 g/mol. The highest BCUT2D eigenvalue weighted by atomic mass is 28.4. The quantitative estimate of drug-likeness (QED) is 0.479. The molecule has 0 fully saturated rings. The van der Waals surface area contributed by atoms with Crippen LogP contribution in [0.2, 0.25) is 6.04 Å². The SMILES string of the molecule is CCO[Si](CCCNC(=O)Nc1ccccc1)(OCC)OCC. The van der Waals surface area contributed by atoms with Crippen LogP contribution in [-0.4, -0.2) is 41.2 Å². The van der Waals surface area contributed by atoms with E-state index in [1.165, 1.54) is 0 Å². The molecular weight excluding hydrogens is 312 g/mol. The van der Waals surface area contributed by atoms with Crippen molar-refractivity contribution in [3.05, 3.63) is 30.3 Å². The topological polar surface area (TPSA) is 68.8 Å². The average Bonchev–Trinajstić information content (AvgIpc) is 2.53. The fourth-order valence-corrected chi connectivity index (χ4v) is 4.82. The number of para-hydroxylation sites is 1. The predicted octanol–water partition coefficient (Wildman–Crippen LogP) is 3.25. The van der Waals surface area contributed by atoms with Crippen LogP contribution in [0.4, 0.5) is 10.5 Å². The van der Waals surface area contributed by atoms with Gasteiger partial charge in [0.05, 0.1) is 0 Å². The van der Waals surface area contributed by atoms with Crippen molar-refractivity contribution in [3.8, 4) is 0 Å². The molecule has 2 N–H and O–H groups in total. The summed E-state index contributed by atoms with van der Waals surface area (Å²) in [6.45, 7) is 8.04. The second-order valence-corrected chi connectivity index (χ2v) is 7.56. The Kier molecular flexibility index (Phi) is 9.54. The van der Waals surface area contributed by atoms with Gasteiger partial charge in [0, 0.05) is 38.1 Å². The lowest BCUT2D eigenvalue weighted by molar-refractivity contribution is 0.0708. The number of carbonyl (C=O) groups is 1. The fourth-order valence-electron chi connectivity index (χ4n) is 2.20. The minimum atomic E-state index is -2.61. The third-order valence-corrected chi connectivity index (χ3v) is 6.22. The van der Waals surface area contributed by atoms with Gasteiger partial charge < -0.3 is 23.9 Å². The number of hydrogen-bond donors (Lipinski definition) is 2. The van der Waals surface area contributed by atoms with E-state index >= 15 is 0 Å². The van der Waals surface area contributed by atoms with Crippen LogP contribution in [0.1, 0.15) is 27.2 Å². The van der Waals surface area contributed by atoms with Gasteiger partial charge >= 0.3 is 14.8 Å². The number of nitrogens with one attached hydrogen (secondary N) is 2. The molecule has 0 unspecified atom stereocenters. The van der Waals surface area contributed by atoms with Crippen molar-refractivity contribution < 1.29 is 18.1 Å². The predicted molar refractivity (Wildman–Crippen MR) is 93.5 cm³/mol. The molecule has 0 aliphatic heterocycles. The summed E-state index contributed by atoms with van der Waals surface area (Å²) in [7, 11) is -2.61. The van der Waals surface area contributed by atoms with E-state index in [4.69, 9.17) is 13.3 Å². The normalized spacial score (nSPS) is 11.3. The third kappa shape index (κ3) is 7.60. The van der Waals surface area contributed by atoms with Gasteiger partial charge in [0.25, 0.3) is 0 Å². The number of hydrogen-bond acceptors (Lipinski definition) is 4. The summed E-state index contributed by atoms with van der Waals surface area (Å²) in [5.74, 6) is 0. The smallest absolute Gasteiger partial charge is 0.374 e. The molecule has 0 aliphatic rings. The molecule has 0 atom stereocenters. The molecule has 1 rings (SSSR count). The Morgan fingerprint density at radius 1 is 1.00 bits per heavy atom. The highest BCUT2D eigenvalue weighted by Crippen LogP contribution is 2.17. The monoisotopic (exact) mass is 340 g/mol. The van der Waals surface area contributed by atoms with Crippen LogP contribution < -0.4 is 10.6 Å². The summed E-state index contributed by atoms with van der Waals surface area (Å²) in [5.41, 5.74) is 0.770. The maximum absolute atomic E-state index is 11.8. The zero-order chi connectivity index (χ0) is 17.0. The number of rotatable bonds is 11. The van der Waals surface area contributed by atoms with Crippen LogP contribution in [0, 0.1) is 0 Å². The first kappa shape index (κ1) is 19.6. The molecular formula is C16H28N2O4Si. The largest absolute Gasteiger partial charge is 0.500 e. The Morgan fingerprint density at radius 2 is 1.57 bits per heavy atom. The number of carbonyl (C=O) groups excluding carboxylic acids is 1. The molecule has 0 radical (unpaired) electrons. The number of amides is 2. The Bertz CT molecular complexity index is 428. The van der Waals surface area contributed by atoms with Crippen LogP contribution in [-0.2, 0) is 13.3 Å². The minimum Gasteiger partial charge on any atom is -0.374 e. The second-order valence-electron chi connectivity index (χ2n) is 4.83. The molecule has 2 amide bonds. The summed E-state index contributed by atoms with van der Waals surface area (Å²) >= 11 is 0. The summed E-state index contributed by atoms with van der Waals surface area (Å²) in [6, 6.07) is 9.82.